The van der Waals surface area contributed by atoms with E-state index in [9.17, 15) is 13.4 Å². The Balaban J connectivity index is 2.10. The first-order chi connectivity index (χ1) is 9.89. The minimum Gasteiger partial charge on any atom is -0.423 e. The summed E-state index contributed by atoms with van der Waals surface area (Å²) in [5.74, 6) is 0. The third kappa shape index (κ3) is 2.58. The third-order valence-corrected chi connectivity index (χ3v) is 5.78. The first kappa shape index (κ1) is 14.9. The smallest absolute Gasteiger partial charge is 0.423 e. The van der Waals surface area contributed by atoms with E-state index >= 15 is 0 Å². The minimum atomic E-state index is -3.73. The Morgan fingerprint density at radius 3 is 2.43 bits per heavy atom. The molecule has 2 aromatic rings. The molecule has 8 heteroatoms. The predicted molar refractivity (Wildman–Crippen MR) is 80.8 cm³/mol. The number of sulfone groups is 1. The Bertz CT molecular complexity index is 823. The summed E-state index contributed by atoms with van der Waals surface area (Å²) in [6, 6.07) is 8.67. The summed E-state index contributed by atoms with van der Waals surface area (Å²) >= 11 is 11.7. The molecule has 0 aromatic heterocycles. The lowest BCUT2D eigenvalue weighted by molar-refractivity contribution is 0.275. The molecule has 0 unspecified atom stereocenters. The van der Waals surface area contributed by atoms with E-state index in [1.807, 2.05) is 0 Å². The van der Waals surface area contributed by atoms with Gasteiger partial charge in [-0.05, 0) is 41.4 Å². The Hall–Kier alpha value is -1.05. The molecule has 1 aliphatic heterocycles. The molecule has 0 spiro atoms. The predicted octanol–water partition coefficient (Wildman–Crippen LogP) is 2.04. The van der Waals surface area contributed by atoms with E-state index in [1.165, 1.54) is 30.3 Å². The zero-order chi connectivity index (χ0) is 15.2. The van der Waals surface area contributed by atoms with Crippen molar-refractivity contribution < 1.29 is 18.1 Å². The van der Waals surface area contributed by atoms with E-state index in [4.69, 9.17) is 27.9 Å². The van der Waals surface area contributed by atoms with Crippen molar-refractivity contribution >= 4 is 45.6 Å². The number of benzene rings is 2. The van der Waals surface area contributed by atoms with E-state index in [1.54, 1.807) is 6.07 Å². The zero-order valence-corrected chi connectivity index (χ0v) is 12.9. The van der Waals surface area contributed by atoms with Crippen LogP contribution in [0.2, 0.25) is 10.0 Å². The average Bonchev–Trinajstić information content (AvgIpc) is 2.83. The van der Waals surface area contributed by atoms with Crippen molar-refractivity contribution in [1.82, 2.24) is 0 Å². The fourth-order valence-corrected chi connectivity index (χ4v) is 3.82. The highest BCUT2D eigenvalue weighted by Gasteiger charge is 2.29. The Labute approximate surface area is 132 Å². The monoisotopic (exact) mass is 342 g/mol. The van der Waals surface area contributed by atoms with Gasteiger partial charge in [-0.25, -0.2) is 8.42 Å². The second kappa shape index (κ2) is 5.30. The van der Waals surface area contributed by atoms with Crippen molar-refractivity contribution in [3.63, 3.8) is 0 Å². The summed E-state index contributed by atoms with van der Waals surface area (Å²) in [4.78, 5) is 0.120. The molecule has 4 nitrogen and oxygen atoms in total. The first-order valence-electron chi connectivity index (χ1n) is 6.02. The Morgan fingerprint density at radius 2 is 1.71 bits per heavy atom. The Morgan fingerprint density at radius 1 is 1.05 bits per heavy atom. The molecule has 0 atom stereocenters. The maximum Gasteiger partial charge on any atom is 0.491 e. The lowest BCUT2D eigenvalue weighted by Crippen LogP contribution is -2.28. The van der Waals surface area contributed by atoms with Crippen molar-refractivity contribution in [2.24, 2.45) is 0 Å². The fourth-order valence-electron chi connectivity index (χ4n) is 2.14. The molecule has 0 amide bonds. The molecular formula is C13H9BCl2O4S. The van der Waals surface area contributed by atoms with Gasteiger partial charge in [0.1, 0.15) is 0 Å². The molecule has 1 heterocycles. The molecule has 3 rings (SSSR count). The van der Waals surface area contributed by atoms with E-state index in [-0.39, 0.29) is 26.4 Å². The maximum atomic E-state index is 12.6. The minimum absolute atomic E-state index is 0.0465. The third-order valence-electron chi connectivity index (χ3n) is 3.29. The number of fused-ring (bicyclic) bond motifs is 1. The molecule has 0 bridgehead atoms. The van der Waals surface area contributed by atoms with Gasteiger partial charge in [0.2, 0.25) is 9.84 Å². The summed E-state index contributed by atoms with van der Waals surface area (Å²) < 4.78 is 30.2. The van der Waals surface area contributed by atoms with E-state index in [2.05, 4.69) is 0 Å². The van der Waals surface area contributed by atoms with Crippen molar-refractivity contribution in [2.75, 3.05) is 0 Å². The van der Waals surface area contributed by atoms with Crippen molar-refractivity contribution in [3.8, 4) is 0 Å². The van der Waals surface area contributed by atoms with E-state index in [0.717, 1.165) is 5.56 Å². The molecule has 1 N–H and O–H groups in total. The topological polar surface area (TPSA) is 63.6 Å². The van der Waals surface area contributed by atoms with Gasteiger partial charge in [0, 0.05) is 0 Å². The molecule has 0 radical (unpaired) electrons. The van der Waals surface area contributed by atoms with Gasteiger partial charge in [-0.2, -0.15) is 0 Å². The second-order valence-corrected chi connectivity index (χ2v) is 7.37. The molecule has 1 aliphatic rings. The van der Waals surface area contributed by atoms with Crippen LogP contribution in [-0.2, 0) is 21.1 Å². The molecule has 0 aliphatic carbocycles. The molecule has 0 fully saturated rings. The van der Waals surface area contributed by atoms with Crippen LogP contribution in [0.5, 0.6) is 0 Å². The molecular weight excluding hydrogens is 334 g/mol. The van der Waals surface area contributed by atoms with Crippen LogP contribution in [0.15, 0.2) is 46.2 Å². The van der Waals surface area contributed by atoms with Crippen LogP contribution in [0.4, 0.5) is 0 Å². The van der Waals surface area contributed by atoms with Gasteiger partial charge in [-0.3, -0.25) is 0 Å². The zero-order valence-electron chi connectivity index (χ0n) is 10.6. The highest BCUT2D eigenvalue weighted by Crippen LogP contribution is 2.28. The van der Waals surface area contributed by atoms with Gasteiger partial charge in [0.15, 0.2) is 0 Å². The van der Waals surface area contributed by atoms with Gasteiger partial charge >= 0.3 is 7.12 Å². The van der Waals surface area contributed by atoms with Crippen LogP contribution in [0, 0.1) is 0 Å². The second-order valence-electron chi connectivity index (χ2n) is 4.60. The van der Waals surface area contributed by atoms with E-state index < -0.39 is 17.0 Å². The number of hydrogen-bond acceptors (Lipinski definition) is 4. The summed E-state index contributed by atoms with van der Waals surface area (Å²) in [6.45, 7) is 0.267. The summed E-state index contributed by atoms with van der Waals surface area (Å²) in [6.07, 6.45) is 0. The van der Waals surface area contributed by atoms with Gasteiger partial charge in [0.25, 0.3) is 0 Å². The maximum absolute atomic E-state index is 12.6. The van der Waals surface area contributed by atoms with Crippen LogP contribution in [0.25, 0.3) is 0 Å². The fraction of sp³-hybridized carbons (Fsp3) is 0.0769. The number of halogens is 2. The number of hydrogen-bond donors (Lipinski definition) is 1. The lowest BCUT2D eigenvalue weighted by Gasteiger charge is -2.08. The van der Waals surface area contributed by atoms with Gasteiger partial charge < -0.3 is 9.68 Å². The van der Waals surface area contributed by atoms with Crippen LogP contribution in [0.3, 0.4) is 0 Å². The quantitative estimate of drug-likeness (QED) is 0.848. The first-order valence-corrected chi connectivity index (χ1v) is 8.26. The summed E-state index contributed by atoms with van der Waals surface area (Å²) in [5.41, 5.74) is 1.24. The van der Waals surface area contributed by atoms with Crippen molar-refractivity contribution in [3.05, 3.63) is 52.0 Å². The van der Waals surface area contributed by atoms with Crippen LogP contribution < -0.4 is 5.46 Å². The largest absolute Gasteiger partial charge is 0.491 e. The Kier molecular flexibility index (Phi) is 3.75. The van der Waals surface area contributed by atoms with Crippen molar-refractivity contribution in [1.29, 1.82) is 0 Å². The molecule has 2 aromatic carbocycles. The summed E-state index contributed by atoms with van der Waals surface area (Å²) in [5, 5.41) is 10.1. The molecule has 21 heavy (non-hydrogen) atoms. The van der Waals surface area contributed by atoms with Gasteiger partial charge in [-0.15, -0.1) is 0 Å². The normalized spacial score (nSPS) is 14.3. The van der Waals surface area contributed by atoms with Crippen LogP contribution >= 0.6 is 23.2 Å². The lowest BCUT2D eigenvalue weighted by atomic mass is 9.80. The van der Waals surface area contributed by atoms with Gasteiger partial charge in [-0.1, -0.05) is 29.3 Å². The highest BCUT2D eigenvalue weighted by molar-refractivity contribution is 7.91. The molecule has 108 valence electrons. The van der Waals surface area contributed by atoms with Crippen LogP contribution in [-0.4, -0.2) is 20.6 Å². The molecule has 0 saturated heterocycles. The van der Waals surface area contributed by atoms with Crippen molar-refractivity contribution in [2.45, 2.75) is 16.4 Å². The summed E-state index contributed by atoms with van der Waals surface area (Å²) in [7, 11) is -4.83. The van der Waals surface area contributed by atoms with Crippen LogP contribution in [0.1, 0.15) is 5.56 Å². The van der Waals surface area contributed by atoms with E-state index in [0.29, 0.717) is 5.46 Å². The van der Waals surface area contributed by atoms with Gasteiger partial charge in [0.05, 0.1) is 26.4 Å². The number of rotatable bonds is 2. The standard InChI is InChI=1S/C13H9BCl2O4S/c15-12-4-3-10(6-13(12)16)21(18,19)9-2-1-8-7-20-14(17)11(8)5-9/h1-6,17H,7H2. The average molecular weight is 343 g/mol. The molecule has 0 saturated carbocycles. The highest BCUT2D eigenvalue weighted by atomic mass is 35.5. The SMILES string of the molecule is O=S(=O)(c1ccc(Cl)c(Cl)c1)c1ccc2c(c1)B(O)OC2.